The minimum absolute atomic E-state index is 0.247. The highest BCUT2D eigenvalue weighted by Crippen LogP contribution is 2.32. The summed E-state index contributed by atoms with van der Waals surface area (Å²) in [6, 6.07) is 27.1. The predicted octanol–water partition coefficient (Wildman–Crippen LogP) is 7.38. The molecule has 0 saturated carbocycles. The van der Waals surface area contributed by atoms with Gasteiger partial charge in [-0.3, -0.25) is 0 Å². The SMILES string of the molecule is O=C(Oc1ccc(Oc2ccccc2)cc1)c1ccccc1-c1ccc(C(F)(F)F)cc1. The molecule has 0 aliphatic heterocycles. The fourth-order valence-electron chi connectivity index (χ4n) is 3.11. The number of para-hydroxylation sites is 1. The second kappa shape index (κ2) is 8.98. The van der Waals surface area contributed by atoms with Crippen LogP contribution in [0, 0.1) is 0 Å². The molecule has 0 N–H and O–H groups in total. The Balaban J connectivity index is 1.51. The molecule has 0 aliphatic rings. The van der Waals surface area contributed by atoms with Crippen LogP contribution < -0.4 is 9.47 Å². The fourth-order valence-corrected chi connectivity index (χ4v) is 3.11. The highest BCUT2D eigenvalue weighted by atomic mass is 19.4. The fraction of sp³-hybridized carbons (Fsp3) is 0.0385. The van der Waals surface area contributed by atoms with Gasteiger partial charge in [-0.1, -0.05) is 48.5 Å². The molecular weight excluding hydrogens is 417 g/mol. The Labute approximate surface area is 182 Å². The maximum atomic E-state index is 12.8. The first-order valence-electron chi connectivity index (χ1n) is 9.72. The number of ether oxygens (including phenoxy) is 2. The van der Waals surface area contributed by atoms with Crippen LogP contribution in [0.2, 0.25) is 0 Å². The molecule has 4 aromatic carbocycles. The quantitative estimate of drug-likeness (QED) is 0.243. The van der Waals surface area contributed by atoms with Crippen molar-refractivity contribution < 1.29 is 27.4 Å². The first kappa shape index (κ1) is 21.2. The van der Waals surface area contributed by atoms with Gasteiger partial charge in [0.15, 0.2) is 0 Å². The van der Waals surface area contributed by atoms with E-state index in [9.17, 15) is 18.0 Å². The maximum absolute atomic E-state index is 12.8. The normalized spacial score (nSPS) is 11.1. The third-order valence-corrected chi connectivity index (χ3v) is 4.68. The van der Waals surface area contributed by atoms with Crippen LogP contribution in [0.1, 0.15) is 15.9 Å². The highest BCUT2D eigenvalue weighted by Gasteiger charge is 2.30. The average Bonchev–Trinajstić information content (AvgIpc) is 2.80. The summed E-state index contributed by atoms with van der Waals surface area (Å²) in [4.78, 5) is 12.8. The third kappa shape index (κ3) is 4.98. The van der Waals surface area contributed by atoms with E-state index in [1.807, 2.05) is 30.3 Å². The monoisotopic (exact) mass is 434 g/mol. The number of hydrogen-bond acceptors (Lipinski definition) is 3. The number of esters is 1. The van der Waals surface area contributed by atoms with Gasteiger partial charge in [-0.2, -0.15) is 13.2 Å². The molecule has 0 radical (unpaired) electrons. The molecular formula is C26H17F3O3. The van der Waals surface area contributed by atoms with E-state index in [0.717, 1.165) is 12.1 Å². The third-order valence-electron chi connectivity index (χ3n) is 4.68. The first-order chi connectivity index (χ1) is 15.4. The number of carbonyl (C=O) groups excluding carboxylic acids is 1. The molecule has 0 unspecified atom stereocenters. The second-order valence-electron chi connectivity index (χ2n) is 6.90. The number of benzene rings is 4. The van der Waals surface area contributed by atoms with Gasteiger partial charge in [0, 0.05) is 0 Å². The van der Waals surface area contributed by atoms with Crippen LogP contribution in [0.25, 0.3) is 11.1 Å². The van der Waals surface area contributed by atoms with Crippen molar-refractivity contribution in [2.75, 3.05) is 0 Å². The van der Waals surface area contributed by atoms with Crippen LogP contribution >= 0.6 is 0 Å². The summed E-state index contributed by atoms with van der Waals surface area (Å²) < 4.78 is 49.7. The van der Waals surface area contributed by atoms with Crippen molar-refractivity contribution in [1.29, 1.82) is 0 Å². The topological polar surface area (TPSA) is 35.5 Å². The van der Waals surface area contributed by atoms with E-state index < -0.39 is 17.7 Å². The predicted molar refractivity (Wildman–Crippen MR) is 115 cm³/mol. The molecule has 0 aliphatic carbocycles. The molecule has 0 bridgehead atoms. The van der Waals surface area contributed by atoms with Gasteiger partial charge in [-0.05, 0) is 65.7 Å². The van der Waals surface area contributed by atoms with Crippen LogP contribution in [0.5, 0.6) is 17.2 Å². The van der Waals surface area contributed by atoms with Gasteiger partial charge < -0.3 is 9.47 Å². The summed E-state index contributed by atoms with van der Waals surface area (Å²) in [5.74, 6) is 0.971. The van der Waals surface area contributed by atoms with Crippen LogP contribution in [0.4, 0.5) is 13.2 Å². The molecule has 0 spiro atoms. The Morgan fingerprint density at radius 1 is 0.625 bits per heavy atom. The van der Waals surface area contributed by atoms with Gasteiger partial charge in [-0.15, -0.1) is 0 Å². The summed E-state index contributed by atoms with van der Waals surface area (Å²) >= 11 is 0. The zero-order valence-electron chi connectivity index (χ0n) is 16.7. The van der Waals surface area contributed by atoms with E-state index in [4.69, 9.17) is 9.47 Å². The highest BCUT2D eigenvalue weighted by molar-refractivity contribution is 5.98. The van der Waals surface area contributed by atoms with Crippen molar-refractivity contribution in [1.82, 2.24) is 0 Å². The average molecular weight is 434 g/mol. The van der Waals surface area contributed by atoms with Crippen LogP contribution in [-0.2, 0) is 6.18 Å². The maximum Gasteiger partial charge on any atom is 0.416 e. The summed E-state index contributed by atoms with van der Waals surface area (Å²) in [7, 11) is 0. The Morgan fingerprint density at radius 3 is 1.84 bits per heavy atom. The van der Waals surface area contributed by atoms with E-state index in [1.165, 1.54) is 12.1 Å². The lowest BCUT2D eigenvalue weighted by atomic mass is 9.98. The minimum Gasteiger partial charge on any atom is -0.457 e. The molecule has 4 rings (SSSR count). The van der Waals surface area contributed by atoms with Gasteiger partial charge >= 0.3 is 12.1 Å². The van der Waals surface area contributed by atoms with Gasteiger partial charge in [0.1, 0.15) is 17.2 Å². The van der Waals surface area contributed by atoms with Crippen molar-refractivity contribution in [3.05, 3.63) is 114 Å². The Bertz CT molecular complexity index is 1200. The van der Waals surface area contributed by atoms with Crippen LogP contribution in [-0.4, -0.2) is 5.97 Å². The second-order valence-corrected chi connectivity index (χ2v) is 6.90. The molecule has 32 heavy (non-hydrogen) atoms. The molecule has 0 heterocycles. The van der Waals surface area contributed by atoms with Crippen molar-refractivity contribution in [3.63, 3.8) is 0 Å². The van der Waals surface area contributed by atoms with Crippen molar-refractivity contribution >= 4 is 5.97 Å². The number of alkyl halides is 3. The molecule has 0 fully saturated rings. The summed E-state index contributed by atoms with van der Waals surface area (Å²) in [6.07, 6.45) is -4.42. The van der Waals surface area contributed by atoms with Gasteiger partial charge in [-0.25, -0.2) is 4.79 Å². The molecule has 0 aromatic heterocycles. The zero-order valence-corrected chi connectivity index (χ0v) is 16.7. The van der Waals surface area contributed by atoms with E-state index in [1.54, 1.807) is 48.5 Å². The van der Waals surface area contributed by atoms with E-state index in [2.05, 4.69) is 0 Å². The van der Waals surface area contributed by atoms with Gasteiger partial charge in [0.2, 0.25) is 0 Å². The smallest absolute Gasteiger partial charge is 0.416 e. The summed E-state index contributed by atoms with van der Waals surface area (Å²) in [6.45, 7) is 0. The van der Waals surface area contributed by atoms with Gasteiger partial charge in [0.05, 0.1) is 11.1 Å². The number of halogens is 3. The minimum atomic E-state index is -4.42. The van der Waals surface area contributed by atoms with Crippen molar-refractivity contribution in [2.45, 2.75) is 6.18 Å². The van der Waals surface area contributed by atoms with Crippen LogP contribution in [0.15, 0.2) is 103 Å². The summed E-state index contributed by atoms with van der Waals surface area (Å²) in [5, 5.41) is 0. The zero-order chi connectivity index (χ0) is 22.6. The molecule has 6 heteroatoms. The Kier molecular flexibility index (Phi) is 5.94. The Hall–Kier alpha value is -4.06. The lowest BCUT2D eigenvalue weighted by Gasteiger charge is -2.12. The van der Waals surface area contributed by atoms with Crippen molar-refractivity contribution in [2.24, 2.45) is 0 Å². The lowest BCUT2D eigenvalue weighted by molar-refractivity contribution is -0.137. The summed E-state index contributed by atoms with van der Waals surface area (Å²) in [5.41, 5.74) is 0.461. The van der Waals surface area contributed by atoms with E-state index >= 15 is 0 Å². The number of carbonyl (C=O) groups is 1. The lowest BCUT2D eigenvalue weighted by Crippen LogP contribution is -2.10. The largest absolute Gasteiger partial charge is 0.457 e. The molecule has 0 atom stereocenters. The van der Waals surface area contributed by atoms with Gasteiger partial charge in [0.25, 0.3) is 0 Å². The first-order valence-corrected chi connectivity index (χ1v) is 9.72. The standard InChI is InChI=1S/C26H17F3O3/c27-26(28,29)19-12-10-18(11-13-19)23-8-4-5-9-24(23)25(30)32-22-16-14-21(15-17-22)31-20-6-2-1-3-7-20/h1-17H. The van der Waals surface area contributed by atoms with E-state index in [-0.39, 0.29) is 5.56 Å². The molecule has 160 valence electrons. The van der Waals surface area contributed by atoms with Crippen molar-refractivity contribution in [3.8, 4) is 28.4 Å². The van der Waals surface area contributed by atoms with Crippen LogP contribution in [0.3, 0.4) is 0 Å². The molecule has 0 amide bonds. The molecule has 0 saturated heterocycles. The number of rotatable bonds is 5. The molecule has 3 nitrogen and oxygen atoms in total. The van der Waals surface area contributed by atoms with E-state index in [0.29, 0.717) is 28.4 Å². The molecule has 4 aromatic rings. The Morgan fingerprint density at radius 2 is 1.19 bits per heavy atom. The number of hydrogen-bond donors (Lipinski definition) is 0.